The Labute approximate surface area is 146 Å². The third kappa shape index (κ3) is 2.89. The molecular weight excluding hydrogens is 322 g/mol. The van der Waals surface area contributed by atoms with Gasteiger partial charge in [-0.1, -0.05) is 29.8 Å². The van der Waals surface area contributed by atoms with Gasteiger partial charge in [0, 0.05) is 18.0 Å². The first-order chi connectivity index (χ1) is 11.7. The Kier molecular flexibility index (Phi) is 4.21. The highest BCUT2D eigenvalue weighted by Crippen LogP contribution is 2.29. The lowest BCUT2D eigenvalue weighted by Gasteiger charge is -2.24. The molecule has 0 aliphatic carbocycles. The molecule has 124 valence electrons. The van der Waals surface area contributed by atoms with Crippen molar-refractivity contribution in [3.05, 3.63) is 53.2 Å². The average Bonchev–Trinajstić information content (AvgIpc) is 3.25. The number of pyridine rings is 1. The molecule has 0 saturated carbocycles. The first-order valence-corrected chi connectivity index (χ1v) is 8.70. The van der Waals surface area contributed by atoms with Crippen molar-refractivity contribution in [1.29, 1.82) is 0 Å². The fourth-order valence-corrected chi connectivity index (χ4v) is 3.77. The molecule has 3 heterocycles. The minimum absolute atomic E-state index is 0.455. The summed E-state index contributed by atoms with van der Waals surface area (Å²) < 4.78 is 1.91. The van der Waals surface area contributed by atoms with Gasteiger partial charge in [-0.3, -0.25) is 9.58 Å². The molecule has 2 aromatic heterocycles. The molecule has 5 nitrogen and oxygen atoms in total. The molecule has 0 amide bonds. The predicted molar refractivity (Wildman–Crippen MR) is 94.9 cm³/mol. The predicted octanol–water partition coefficient (Wildman–Crippen LogP) is 3.45. The molecule has 1 atom stereocenters. The van der Waals surface area contributed by atoms with Crippen molar-refractivity contribution in [3.63, 3.8) is 0 Å². The Hall–Kier alpha value is -1.98. The fraction of sp³-hybridized carbons (Fsp3) is 0.389. The van der Waals surface area contributed by atoms with Crippen LogP contribution in [-0.2, 0) is 13.1 Å². The van der Waals surface area contributed by atoms with Gasteiger partial charge in [-0.05, 0) is 37.9 Å². The van der Waals surface area contributed by atoms with Gasteiger partial charge in [-0.25, -0.2) is 9.97 Å². The van der Waals surface area contributed by atoms with E-state index in [1.807, 2.05) is 16.8 Å². The van der Waals surface area contributed by atoms with E-state index in [0.29, 0.717) is 6.04 Å². The number of aromatic nitrogens is 4. The number of rotatable bonds is 4. The van der Waals surface area contributed by atoms with Crippen molar-refractivity contribution in [2.24, 2.45) is 0 Å². The lowest BCUT2D eigenvalue weighted by Crippen LogP contribution is -2.33. The number of fused-ring (bicyclic) bond motifs is 1. The topological polar surface area (TPSA) is 46.8 Å². The highest BCUT2D eigenvalue weighted by Gasteiger charge is 2.26. The number of para-hydroxylation sites is 1. The zero-order chi connectivity index (χ0) is 16.5. The van der Waals surface area contributed by atoms with Gasteiger partial charge in [0.25, 0.3) is 0 Å². The van der Waals surface area contributed by atoms with E-state index in [0.717, 1.165) is 46.8 Å². The molecule has 1 fully saturated rings. The molecule has 0 spiro atoms. The summed E-state index contributed by atoms with van der Waals surface area (Å²) in [6.07, 6.45) is 5.74. The SMILES string of the molecule is Cc1c(Cl)c(CN2CCC[C@H]2Cn2cncn2)nc2ccccc12. The van der Waals surface area contributed by atoms with Crippen LogP contribution in [0.2, 0.25) is 5.02 Å². The largest absolute Gasteiger partial charge is 0.293 e. The van der Waals surface area contributed by atoms with Crippen LogP contribution in [0.15, 0.2) is 36.9 Å². The summed E-state index contributed by atoms with van der Waals surface area (Å²) in [5.41, 5.74) is 3.10. The Balaban J connectivity index is 1.60. The number of aryl methyl sites for hydroxylation is 1. The van der Waals surface area contributed by atoms with Gasteiger partial charge in [0.05, 0.1) is 22.8 Å². The molecule has 0 bridgehead atoms. The van der Waals surface area contributed by atoms with Crippen LogP contribution < -0.4 is 0 Å². The van der Waals surface area contributed by atoms with E-state index in [9.17, 15) is 0 Å². The number of halogens is 1. The third-order valence-corrected chi connectivity index (χ3v) is 5.36. The van der Waals surface area contributed by atoms with Gasteiger partial charge in [0.15, 0.2) is 0 Å². The molecule has 24 heavy (non-hydrogen) atoms. The first-order valence-electron chi connectivity index (χ1n) is 8.32. The first kappa shape index (κ1) is 15.5. The van der Waals surface area contributed by atoms with Crippen molar-refractivity contribution >= 4 is 22.5 Å². The quantitative estimate of drug-likeness (QED) is 0.729. The lowest BCUT2D eigenvalue weighted by atomic mass is 10.1. The Morgan fingerprint density at radius 2 is 2.17 bits per heavy atom. The Morgan fingerprint density at radius 3 is 3.00 bits per heavy atom. The van der Waals surface area contributed by atoms with Gasteiger partial charge >= 0.3 is 0 Å². The smallest absolute Gasteiger partial charge is 0.137 e. The summed E-state index contributed by atoms with van der Waals surface area (Å²) in [6, 6.07) is 8.64. The Morgan fingerprint density at radius 1 is 1.29 bits per heavy atom. The Bertz CT molecular complexity index is 846. The van der Waals surface area contributed by atoms with Crippen LogP contribution in [0, 0.1) is 6.92 Å². The van der Waals surface area contributed by atoms with Gasteiger partial charge < -0.3 is 0 Å². The van der Waals surface area contributed by atoms with Gasteiger partial charge in [0.2, 0.25) is 0 Å². The summed E-state index contributed by atoms with van der Waals surface area (Å²) in [5.74, 6) is 0. The number of likely N-dealkylation sites (tertiary alicyclic amines) is 1. The maximum atomic E-state index is 6.62. The minimum atomic E-state index is 0.455. The number of hydrogen-bond acceptors (Lipinski definition) is 4. The van der Waals surface area contributed by atoms with Crippen LogP contribution in [0.25, 0.3) is 10.9 Å². The van der Waals surface area contributed by atoms with E-state index in [2.05, 4.69) is 34.0 Å². The maximum absolute atomic E-state index is 6.62. The van der Waals surface area contributed by atoms with Crippen LogP contribution in [0.1, 0.15) is 24.1 Å². The van der Waals surface area contributed by atoms with E-state index in [1.54, 1.807) is 12.7 Å². The van der Waals surface area contributed by atoms with Crippen LogP contribution in [0.4, 0.5) is 0 Å². The number of benzene rings is 1. The van der Waals surface area contributed by atoms with Crippen LogP contribution in [0.5, 0.6) is 0 Å². The number of nitrogens with zero attached hydrogens (tertiary/aromatic N) is 5. The minimum Gasteiger partial charge on any atom is -0.293 e. The van der Waals surface area contributed by atoms with Crippen molar-refractivity contribution in [2.45, 2.75) is 38.9 Å². The zero-order valence-corrected chi connectivity index (χ0v) is 14.4. The summed E-state index contributed by atoms with van der Waals surface area (Å²) in [7, 11) is 0. The summed E-state index contributed by atoms with van der Waals surface area (Å²) in [4.78, 5) is 11.3. The number of hydrogen-bond donors (Lipinski definition) is 0. The molecule has 6 heteroatoms. The second kappa shape index (κ2) is 6.49. The van der Waals surface area contributed by atoms with Crippen molar-refractivity contribution in [2.75, 3.05) is 6.54 Å². The van der Waals surface area contributed by atoms with E-state index < -0.39 is 0 Å². The van der Waals surface area contributed by atoms with Gasteiger partial charge in [-0.2, -0.15) is 5.10 Å². The lowest BCUT2D eigenvalue weighted by molar-refractivity contribution is 0.217. The standard InChI is InChI=1S/C18H20ClN5/c1-13-15-6-2-3-7-16(15)22-17(18(13)19)10-23-8-4-5-14(23)9-24-12-20-11-21-24/h2-3,6-7,11-12,14H,4-5,8-10H2,1H3/t14-/m0/s1. The molecule has 1 aliphatic rings. The highest BCUT2D eigenvalue weighted by molar-refractivity contribution is 6.32. The highest BCUT2D eigenvalue weighted by atomic mass is 35.5. The van der Waals surface area contributed by atoms with Crippen molar-refractivity contribution in [1.82, 2.24) is 24.6 Å². The molecule has 0 radical (unpaired) electrons. The fourth-order valence-electron chi connectivity index (χ4n) is 3.57. The van der Waals surface area contributed by atoms with E-state index in [1.165, 1.54) is 12.8 Å². The van der Waals surface area contributed by atoms with Crippen molar-refractivity contribution < 1.29 is 0 Å². The molecule has 3 aromatic rings. The summed E-state index contributed by atoms with van der Waals surface area (Å²) in [5, 5.41) is 6.15. The maximum Gasteiger partial charge on any atom is 0.137 e. The molecular formula is C18H20ClN5. The molecule has 1 aromatic carbocycles. The van der Waals surface area contributed by atoms with E-state index in [4.69, 9.17) is 16.6 Å². The van der Waals surface area contributed by atoms with Gasteiger partial charge in [-0.15, -0.1) is 0 Å². The molecule has 0 N–H and O–H groups in total. The molecule has 4 rings (SSSR count). The second-order valence-corrected chi connectivity index (χ2v) is 6.78. The van der Waals surface area contributed by atoms with Crippen molar-refractivity contribution in [3.8, 4) is 0 Å². The normalized spacial score (nSPS) is 18.5. The van der Waals surface area contributed by atoms with Crippen LogP contribution >= 0.6 is 11.6 Å². The molecule has 1 saturated heterocycles. The average molecular weight is 342 g/mol. The zero-order valence-electron chi connectivity index (χ0n) is 13.7. The molecule has 0 unspecified atom stereocenters. The molecule has 1 aliphatic heterocycles. The van der Waals surface area contributed by atoms with E-state index in [-0.39, 0.29) is 0 Å². The van der Waals surface area contributed by atoms with Crippen LogP contribution in [0.3, 0.4) is 0 Å². The summed E-state index contributed by atoms with van der Waals surface area (Å²) >= 11 is 6.62. The third-order valence-electron chi connectivity index (χ3n) is 4.86. The van der Waals surface area contributed by atoms with E-state index >= 15 is 0 Å². The van der Waals surface area contributed by atoms with Gasteiger partial charge in [0.1, 0.15) is 12.7 Å². The van der Waals surface area contributed by atoms with Crippen LogP contribution in [-0.4, -0.2) is 37.2 Å². The second-order valence-electron chi connectivity index (χ2n) is 6.40. The monoisotopic (exact) mass is 341 g/mol. The summed E-state index contributed by atoms with van der Waals surface area (Å²) in [6.45, 7) is 4.80.